The van der Waals surface area contributed by atoms with E-state index in [1.807, 2.05) is 0 Å². The van der Waals surface area contributed by atoms with Gasteiger partial charge in [0.05, 0.1) is 6.10 Å². The first kappa shape index (κ1) is 22.2. The average molecular weight is 291 g/mol. The molecular weight excluding hydrogens is 257 g/mol. The second-order valence-electron chi connectivity index (χ2n) is 6.05. The van der Waals surface area contributed by atoms with Crippen LogP contribution in [0.5, 0.6) is 0 Å². The molecule has 0 rings (SSSR count). The van der Waals surface area contributed by atoms with Crippen LogP contribution < -0.4 is 5.73 Å². The summed E-state index contributed by atoms with van der Waals surface area (Å²) in [4.78, 5) is 0. The Labute approximate surface area is 124 Å². The van der Waals surface area contributed by atoms with Crippen LogP contribution in [0.1, 0.15) is 59.3 Å². The van der Waals surface area contributed by atoms with Gasteiger partial charge in [-0.3, -0.25) is 0 Å². The van der Waals surface area contributed by atoms with E-state index in [1.54, 1.807) is 0 Å². The largest absolute Gasteiger partial charge is 0.451 e. The van der Waals surface area contributed by atoms with Crippen molar-refractivity contribution < 1.29 is 20.3 Å². The molecule has 6 heteroatoms. The smallest absolute Gasteiger partial charge is 0.427 e. The third-order valence-corrected chi connectivity index (χ3v) is 3.12. The van der Waals surface area contributed by atoms with E-state index in [4.69, 9.17) is 20.9 Å². The van der Waals surface area contributed by atoms with E-state index >= 15 is 0 Å². The molecule has 0 radical (unpaired) electrons. The molecule has 0 bridgehead atoms. The molecule has 0 aliphatic rings. The predicted octanol–water partition coefficient (Wildman–Crippen LogP) is 1.14. The lowest BCUT2D eigenvalue weighted by atomic mass is 9.81. The van der Waals surface area contributed by atoms with Gasteiger partial charge in [-0.2, -0.15) is 0 Å². The quantitative estimate of drug-likeness (QED) is 0.388. The van der Waals surface area contributed by atoms with E-state index in [9.17, 15) is 5.11 Å². The molecule has 0 aromatic carbocycles. The Morgan fingerprint density at radius 2 is 1.80 bits per heavy atom. The Balaban J connectivity index is 0. The first-order valence-electron chi connectivity index (χ1n) is 7.64. The zero-order valence-corrected chi connectivity index (χ0v) is 13.4. The van der Waals surface area contributed by atoms with Crippen LogP contribution >= 0.6 is 0 Å². The Bertz CT molecular complexity index is 204. The first-order chi connectivity index (χ1) is 9.29. The third kappa shape index (κ3) is 17.9. The van der Waals surface area contributed by atoms with Gasteiger partial charge in [0.15, 0.2) is 0 Å². The Morgan fingerprint density at radius 3 is 2.15 bits per heavy atom. The molecule has 0 saturated heterocycles. The topological polar surface area (TPSA) is 107 Å². The lowest BCUT2D eigenvalue weighted by Gasteiger charge is -2.27. The summed E-state index contributed by atoms with van der Waals surface area (Å²) in [6, 6.07) is 0. The molecule has 0 aromatic heterocycles. The Hall–Kier alpha value is -0.135. The molecular formula is C14H34BNO4. The minimum Gasteiger partial charge on any atom is -0.427 e. The van der Waals surface area contributed by atoms with Crippen LogP contribution in [-0.2, 0) is 0 Å². The van der Waals surface area contributed by atoms with Gasteiger partial charge in [0, 0.05) is 6.61 Å². The predicted molar refractivity (Wildman–Crippen MR) is 84.3 cm³/mol. The molecule has 122 valence electrons. The van der Waals surface area contributed by atoms with Gasteiger partial charge in [-0.25, -0.2) is 0 Å². The van der Waals surface area contributed by atoms with Gasteiger partial charge in [0.2, 0.25) is 0 Å². The summed E-state index contributed by atoms with van der Waals surface area (Å²) in [5.74, 6) is 0. The van der Waals surface area contributed by atoms with Crippen LogP contribution in [0, 0.1) is 5.41 Å². The highest BCUT2D eigenvalue weighted by molar-refractivity contribution is 6.40. The van der Waals surface area contributed by atoms with Crippen molar-refractivity contribution in [2.45, 2.75) is 71.7 Å². The van der Waals surface area contributed by atoms with E-state index in [0.29, 0.717) is 25.7 Å². The minimum atomic E-state index is -1.18. The van der Waals surface area contributed by atoms with Crippen LogP contribution in [0.25, 0.3) is 0 Å². The van der Waals surface area contributed by atoms with E-state index in [2.05, 4.69) is 20.8 Å². The van der Waals surface area contributed by atoms with Crippen molar-refractivity contribution in [3.63, 3.8) is 0 Å². The average Bonchev–Trinajstić information content (AvgIpc) is 2.34. The fourth-order valence-corrected chi connectivity index (χ4v) is 1.95. The number of nitrogens with two attached hydrogens (primary N) is 1. The maximum Gasteiger partial charge on any atom is 0.451 e. The number of hydrogen-bond donors (Lipinski definition) is 5. The zero-order chi connectivity index (χ0) is 16.0. The van der Waals surface area contributed by atoms with Crippen molar-refractivity contribution in [1.29, 1.82) is 0 Å². The maximum absolute atomic E-state index is 9.52. The Kier molecular flexibility index (Phi) is 15.3. The van der Waals surface area contributed by atoms with Gasteiger partial charge < -0.3 is 26.0 Å². The zero-order valence-electron chi connectivity index (χ0n) is 13.4. The van der Waals surface area contributed by atoms with Gasteiger partial charge in [-0.05, 0) is 44.0 Å². The molecule has 0 aromatic rings. The summed E-state index contributed by atoms with van der Waals surface area (Å²) >= 11 is 0. The van der Waals surface area contributed by atoms with Crippen molar-refractivity contribution in [3.05, 3.63) is 0 Å². The number of aliphatic hydroxyl groups excluding tert-OH is 2. The highest BCUT2D eigenvalue weighted by Gasteiger charge is 2.20. The molecule has 5 nitrogen and oxygen atoms in total. The molecule has 0 fully saturated rings. The van der Waals surface area contributed by atoms with Crippen molar-refractivity contribution >= 4 is 7.12 Å². The summed E-state index contributed by atoms with van der Waals surface area (Å²) in [5.41, 5.74) is 5.27. The number of rotatable bonds is 10. The van der Waals surface area contributed by atoms with Crippen LogP contribution in [0.2, 0.25) is 6.32 Å². The van der Waals surface area contributed by atoms with Crippen molar-refractivity contribution in [2.24, 2.45) is 11.1 Å². The van der Waals surface area contributed by atoms with E-state index in [1.165, 1.54) is 12.8 Å². The van der Waals surface area contributed by atoms with Gasteiger partial charge in [0.25, 0.3) is 0 Å². The second-order valence-corrected chi connectivity index (χ2v) is 6.05. The van der Waals surface area contributed by atoms with E-state index in [-0.39, 0.29) is 18.1 Å². The van der Waals surface area contributed by atoms with E-state index in [0.717, 1.165) is 12.8 Å². The monoisotopic (exact) mass is 291 g/mol. The fourth-order valence-electron chi connectivity index (χ4n) is 1.95. The molecule has 0 amide bonds. The van der Waals surface area contributed by atoms with Gasteiger partial charge >= 0.3 is 7.12 Å². The number of hydrogen-bond acceptors (Lipinski definition) is 5. The minimum absolute atomic E-state index is 0.0883. The lowest BCUT2D eigenvalue weighted by molar-refractivity contribution is 0.0827. The SMILES string of the molecule is CCCCC(C)(C)CC(O)CCO.NCCCB(O)O. The first-order valence-corrected chi connectivity index (χ1v) is 7.64. The maximum atomic E-state index is 9.52. The molecule has 1 atom stereocenters. The normalized spacial score (nSPS) is 12.6. The molecule has 0 aliphatic heterocycles. The Morgan fingerprint density at radius 1 is 1.20 bits per heavy atom. The van der Waals surface area contributed by atoms with Gasteiger partial charge in [-0.15, -0.1) is 0 Å². The highest BCUT2D eigenvalue weighted by atomic mass is 16.4. The second kappa shape index (κ2) is 13.8. The molecule has 0 saturated carbocycles. The summed E-state index contributed by atoms with van der Waals surface area (Å²) in [5, 5.41) is 34.5. The summed E-state index contributed by atoms with van der Waals surface area (Å²) < 4.78 is 0. The number of aliphatic hydroxyl groups is 2. The highest BCUT2D eigenvalue weighted by Crippen LogP contribution is 2.29. The van der Waals surface area contributed by atoms with Crippen molar-refractivity contribution in [3.8, 4) is 0 Å². The summed E-state index contributed by atoms with van der Waals surface area (Å²) in [7, 11) is -1.18. The molecule has 0 aliphatic carbocycles. The van der Waals surface area contributed by atoms with E-state index < -0.39 is 7.12 Å². The van der Waals surface area contributed by atoms with Crippen molar-refractivity contribution in [2.75, 3.05) is 13.2 Å². The third-order valence-electron chi connectivity index (χ3n) is 3.12. The summed E-state index contributed by atoms with van der Waals surface area (Å²) in [6.45, 7) is 7.16. The number of unbranched alkanes of at least 4 members (excludes halogenated alkanes) is 1. The standard InChI is InChI=1S/C11H24O2.C3H10BNO2/c1-4-5-7-11(2,3)9-10(13)6-8-12;5-3-1-2-4(6)7/h10,12-13H,4-9H2,1-3H3;6-7H,1-3,5H2. The lowest BCUT2D eigenvalue weighted by Crippen LogP contribution is -2.21. The van der Waals surface area contributed by atoms with Crippen LogP contribution in [0.15, 0.2) is 0 Å². The molecule has 0 spiro atoms. The van der Waals surface area contributed by atoms with Crippen molar-refractivity contribution in [1.82, 2.24) is 0 Å². The molecule has 20 heavy (non-hydrogen) atoms. The molecule has 6 N–H and O–H groups in total. The van der Waals surface area contributed by atoms with Crippen LogP contribution in [-0.4, -0.2) is 46.6 Å². The molecule has 1 unspecified atom stereocenters. The fraction of sp³-hybridized carbons (Fsp3) is 1.00. The van der Waals surface area contributed by atoms with Crippen LogP contribution in [0.4, 0.5) is 0 Å². The van der Waals surface area contributed by atoms with Gasteiger partial charge in [-0.1, -0.05) is 33.6 Å². The van der Waals surface area contributed by atoms with Gasteiger partial charge in [0.1, 0.15) is 0 Å². The summed E-state index contributed by atoms with van der Waals surface area (Å²) in [6.07, 6.45) is 5.62. The molecule has 0 heterocycles. The van der Waals surface area contributed by atoms with Crippen LogP contribution in [0.3, 0.4) is 0 Å².